The van der Waals surface area contributed by atoms with Gasteiger partial charge in [-0.15, -0.1) is 0 Å². The van der Waals surface area contributed by atoms with Gasteiger partial charge in [-0.1, -0.05) is 36.4 Å². The summed E-state index contributed by atoms with van der Waals surface area (Å²) in [5.74, 6) is -0.381. The lowest BCUT2D eigenvalue weighted by Crippen LogP contribution is -2.19. The number of allylic oxidation sites excluding steroid dienone is 1. The zero-order valence-corrected chi connectivity index (χ0v) is 15.9. The molecule has 0 spiro atoms. The number of carbonyl (C=O) groups is 1. The van der Waals surface area contributed by atoms with Crippen molar-refractivity contribution in [2.45, 2.75) is 6.92 Å². The Hall–Kier alpha value is -3.93. The van der Waals surface area contributed by atoms with Gasteiger partial charge in [0.25, 0.3) is 0 Å². The predicted molar refractivity (Wildman–Crippen MR) is 117 cm³/mol. The molecule has 3 rings (SSSR count). The van der Waals surface area contributed by atoms with Gasteiger partial charge < -0.3 is 16.4 Å². The number of nitrogen functional groups attached to an aromatic ring is 1. The van der Waals surface area contributed by atoms with Crippen LogP contribution in [0, 0.1) is 11.2 Å². The Morgan fingerprint density at radius 3 is 2.10 bits per heavy atom. The average Bonchev–Trinajstić information content (AvgIpc) is 2.70. The van der Waals surface area contributed by atoms with E-state index >= 15 is 0 Å². The molecule has 5 N–H and O–H groups in total. The van der Waals surface area contributed by atoms with Gasteiger partial charge >= 0.3 is 6.03 Å². The van der Waals surface area contributed by atoms with Gasteiger partial charge in [0.05, 0.1) is 5.71 Å². The number of urea groups is 1. The molecule has 0 unspecified atom stereocenters. The second-order valence-corrected chi connectivity index (χ2v) is 6.62. The Morgan fingerprint density at radius 2 is 1.48 bits per heavy atom. The summed E-state index contributed by atoms with van der Waals surface area (Å²) in [4.78, 5) is 12.2. The molecule has 2 amide bonds. The monoisotopic (exact) mass is 388 g/mol. The van der Waals surface area contributed by atoms with E-state index in [9.17, 15) is 9.18 Å². The van der Waals surface area contributed by atoms with E-state index in [1.807, 2.05) is 31.2 Å². The van der Waals surface area contributed by atoms with E-state index in [0.29, 0.717) is 28.2 Å². The van der Waals surface area contributed by atoms with Crippen molar-refractivity contribution in [2.75, 3.05) is 16.4 Å². The number of anilines is 3. The minimum atomic E-state index is -0.482. The summed E-state index contributed by atoms with van der Waals surface area (Å²) >= 11 is 0. The third-order valence-corrected chi connectivity index (χ3v) is 4.35. The van der Waals surface area contributed by atoms with Gasteiger partial charge in [0, 0.05) is 28.2 Å². The lowest BCUT2D eigenvalue weighted by Gasteiger charge is -2.12. The largest absolute Gasteiger partial charge is 0.398 e. The number of hydrogen-bond acceptors (Lipinski definition) is 3. The number of hydrogen-bond donors (Lipinski definition) is 4. The topological polar surface area (TPSA) is 91.0 Å². The van der Waals surface area contributed by atoms with Gasteiger partial charge in [0.2, 0.25) is 0 Å². The van der Waals surface area contributed by atoms with E-state index in [0.717, 1.165) is 11.1 Å². The van der Waals surface area contributed by atoms with Crippen molar-refractivity contribution in [2.24, 2.45) is 0 Å². The molecule has 0 heterocycles. The fraction of sp³-hybridized carbons (Fsp3) is 0.0435. The Kier molecular flexibility index (Phi) is 5.74. The zero-order chi connectivity index (χ0) is 21.0. The molecule has 0 aromatic heterocycles. The van der Waals surface area contributed by atoms with E-state index in [1.54, 1.807) is 18.2 Å². The van der Waals surface area contributed by atoms with Crippen molar-refractivity contribution < 1.29 is 9.18 Å². The molecule has 6 heteroatoms. The van der Waals surface area contributed by atoms with Gasteiger partial charge in [-0.3, -0.25) is 5.41 Å². The van der Waals surface area contributed by atoms with E-state index in [1.165, 1.54) is 24.3 Å². The zero-order valence-electron chi connectivity index (χ0n) is 15.9. The summed E-state index contributed by atoms with van der Waals surface area (Å²) in [6.45, 7) is 5.83. The molecular formula is C23H21FN4O. The van der Waals surface area contributed by atoms with E-state index in [4.69, 9.17) is 11.1 Å². The first-order chi connectivity index (χ1) is 13.8. The van der Waals surface area contributed by atoms with Crippen molar-refractivity contribution in [3.05, 3.63) is 95.8 Å². The number of nitrogens with one attached hydrogen (secondary N) is 3. The highest BCUT2D eigenvalue weighted by Crippen LogP contribution is 2.22. The van der Waals surface area contributed by atoms with Gasteiger partial charge in [0.1, 0.15) is 5.82 Å². The van der Waals surface area contributed by atoms with Crippen LogP contribution in [0.1, 0.15) is 23.6 Å². The van der Waals surface area contributed by atoms with Gasteiger partial charge in [-0.05, 0) is 55.0 Å². The molecule has 0 saturated heterocycles. The average molecular weight is 388 g/mol. The van der Waals surface area contributed by atoms with Crippen molar-refractivity contribution >= 4 is 34.4 Å². The number of halogens is 1. The van der Waals surface area contributed by atoms with E-state index in [-0.39, 0.29) is 11.5 Å². The fourth-order valence-electron chi connectivity index (χ4n) is 2.75. The molecule has 5 nitrogen and oxygen atoms in total. The number of benzene rings is 3. The van der Waals surface area contributed by atoms with Gasteiger partial charge in [-0.2, -0.15) is 0 Å². The van der Waals surface area contributed by atoms with Crippen LogP contribution in [0.15, 0.2) is 73.3 Å². The molecule has 29 heavy (non-hydrogen) atoms. The van der Waals surface area contributed by atoms with Crippen molar-refractivity contribution in [1.29, 1.82) is 5.41 Å². The number of rotatable bonds is 5. The van der Waals surface area contributed by atoms with Crippen LogP contribution >= 0.6 is 0 Å². The summed E-state index contributed by atoms with van der Waals surface area (Å²) in [6, 6.07) is 17.4. The normalized spacial score (nSPS) is 10.3. The quantitative estimate of drug-likeness (QED) is 0.343. The minimum absolute atomic E-state index is 0.248. The van der Waals surface area contributed by atoms with Crippen LogP contribution in [0.25, 0.3) is 5.57 Å². The number of amides is 2. The maximum absolute atomic E-state index is 13.0. The van der Waals surface area contributed by atoms with Crippen LogP contribution in [0.3, 0.4) is 0 Å². The van der Waals surface area contributed by atoms with Crippen LogP contribution in [-0.2, 0) is 0 Å². The highest BCUT2D eigenvalue weighted by Gasteiger charge is 2.11. The molecule has 0 aliphatic heterocycles. The Balaban J connectivity index is 1.76. The van der Waals surface area contributed by atoms with Gasteiger partial charge in [0.15, 0.2) is 0 Å². The lowest BCUT2D eigenvalue weighted by molar-refractivity contribution is 0.262. The first-order valence-corrected chi connectivity index (χ1v) is 8.92. The third kappa shape index (κ3) is 4.87. The Labute approximate surface area is 168 Å². The van der Waals surface area contributed by atoms with Crippen molar-refractivity contribution in [3.63, 3.8) is 0 Å². The number of nitrogens with two attached hydrogens (primary N) is 1. The molecule has 3 aromatic carbocycles. The minimum Gasteiger partial charge on any atom is -0.398 e. The highest BCUT2D eigenvalue weighted by molar-refractivity contribution is 6.14. The van der Waals surface area contributed by atoms with Crippen LogP contribution in [0.2, 0.25) is 0 Å². The molecule has 0 aliphatic carbocycles. The molecule has 0 atom stereocenters. The maximum Gasteiger partial charge on any atom is 0.323 e. The van der Waals surface area contributed by atoms with Crippen LogP contribution in [0.5, 0.6) is 0 Å². The molecule has 0 saturated carbocycles. The molecule has 0 radical (unpaired) electrons. The molecule has 0 aliphatic rings. The summed E-state index contributed by atoms with van der Waals surface area (Å²) < 4.78 is 13.0. The summed E-state index contributed by atoms with van der Waals surface area (Å²) in [7, 11) is 0. The molecule has 0 fully saturated rings. The second-order valence-electron chi connectivity index (χ2n) is 6.62. The lowest BCUT2D eigenvalue weighted by atomic mass is 9.98. The Bertz CT molecular complexity index is 1070. The molecule has 146 valence electrons. The molecular weight excluding hydrogens is 367 g/mol. The standard InChI is InChI=1S/C23H21FN4O/c1-14(2)15-3-5-16(6-4-15)22(26)20-13-19(11-12-21(20)25)28-23(29)27-18-9-7-17(24)8-10-18/h3-13,26H,1,25H2,2H3,(H2,27,28,29). The molecule has 3 aromatic rings. The van der Waals surface area contributed by atoms with E-state index < -0.39 is 6.03 Å². The smallest absolute Gasteiger partial charge is 0.323 e. The summed E-state index contributed by atoms with van der Waals surface area (Å²) in [5, 5.41) is 13.8. The van der Waals surface area contributed by atoms with Crippen LogP contribution < -0.4 is 16.4 Å². The first-order valence-electron chi connectivity index (χ1n) is 8.92. The third-order valence-electron chi connectivity index (χ3n) is 4.35. The highest BCUT2D eigenvalue weighted by atomic mass is 19.1. The van der Waals surface area contributed by atoms with Crippen molar-refractivity contribution in [3.8, 4) is 0 Å². The SMILES string of the molecule is C=C(C)c1ccc(C(=N)c2cc(NC(=O)Nc3ccc(F)cc3)ccc2N)cc1. The molecule has 0 bridgehead atoms. The summed E-state index contributed by atoms with van der Waals surface area (Å²) in [6.07, 6.45) is 0. The van der Waals surface area contributed by atoms with Crippen LogP contribution in [-0.4, -0.2) is 11.7 Å². The summed E-state index contributed by atoms with van der Waals surface area (Å²) in [5.41, 5.74) is 10.8. The van der Waals surface area contributed by atoms with Gasteiger partial charge in [-0.25, -0.2) is 9.18 Å². The Morgan fingerprint density at radius 1 is 0.931 bits per heavy atom. The fourth-order valence-corrected chi connectivity index (χ4v) is 2.75. The van der Waals surface area contributed by atoms with Crippen molar-refractivity contribution in [1.82, 2.24) is 0 Å². The number of carbonyl (C=O) groups excluding carboxylic acids is 1. The predicted octanol–water partition coefficient (Wildman–Crippen LogP) is 5.50. The van der Waals surface area contributed by atoms with E-state index in [2.05, 4.69) is 17.2 Å². The first kappa shape index (κ1) is 19.8. The maximum atomic E-state index is 13.0. The second kappa shape index (κ2) is 8.39. The van der Waals surface area contributed by atoms with Crippen LogP contribution in [0.4, 0.5) is 26.2 Å².